The zero-order chi connectivity index (χ0) is 20.7. The van der Waals surface area contributed by atoms with E-state index in [0.29, 0.717) is 28.3 Å². The summed E-state index contributed by atoms with van der Waals surface area (Å²) >= 11 is 0. The van der Waals surface area contributed by atoms with Crippen LogP contribution >= 0.6 is 0 Å². The van der Waals surface area contributed by atoms with Gasteiger partial charge in [-0.3, -0.25) is 14.5 Å². The lowest BCUT2D eigenvalue weighted by Crippen LogP contribution is -2.18. The van der Waals surface area contributed by atoms with Crippen LogP contribution in [0.25, 0.3) is 22.3 Å². The van der Waals surface area contributed by atoms with E-state index in [0.717, 1.165) is 11.2 Å². The van der Waals surface area contributed by atoms with E-state index in [1.165, 1.54) is 0 Å². The average molecular weight is 392 g/mol. The molecule has 0 spiro atoms. The summed E-state index contributed by atoms with van der Waals surface area (Å²) < 4.78 is 3.52. The third kappa shape index (κ3) is 3.12. The SMILES string of the molecule is CNc1nc(Nc2cn(C)nc2C)c(C(N)=O)nc1-c1cncc2c1ncn2C. The number of hydrogen-bond acceptors (Lipinski definition) is 8. The number of amides is 1. The number of anilines is 3. The van der Waals surface area contributed by atoms with E-state index in [1.807, 2.05) is 25.6 Å². The summed E-state index contributed by atoms with van der Waals surface area (Å²) in [5, 5.41) is 10.4. The van der Waals surface area contributed by atoms with Crippen LogP contribution in [0.1, 0.15) is 16.2 Å². The van der Waals surface area contributed by atoms with Crippen molar-refractivity contribution in [2.24, 2.45) is 19.8 Å². The molecule has 0 saturated carbocycles. The first-order valence-corrected chi connectivity index (χ1v) is 8.81. The third-order valence-corrected chi connectivity index (χ3v) is 4.53. The van der Waals surface area contributed by atoms with Gasteiger partial charge in [0.15, 0.2) is 17.3 Å². The van der Waals surface area contributed by atoms with Crippen molar-refractivity contribution in [2.75, 3.05) is 17.7 Å². The molecule has 0 bridgehead atoms. The van der Waals surface area contributed by atoms with E-state index in [4.69, 9.17) is 5.73 Å². The molecule has 1 amide bonds. The minimum absolute atomic E-state index is 0.00943. The number of nitrogens with zero attached hydrogens (tertiary/aromatic N) is 7. The lowest BCUT2D eigenvalue weighted by atomic mass is 10.1. The highest BCUT2D eigenvalue weighted by atomic mass is 16.1. The van der Waals surface area contributed by atoms with E-state index in [9.17, 15) is 4.79 Å². The van der Waals surface area contributed by atoms with Crippen LogP contribution in [0.2, 0.25) is 0 Å². The van der Waals surface area contributed by atoms with Gasteiger partial charge in [-0.15, -0.1) is 0 Å². The summed E-state index contributed by atoms with van der Waals surface area (Å²) in [6.07, 6.45) is 6.84. The normalized spacial score (nSPS) is 11.0. The van der Waals surface area contributed by atoms with Crippen LogP contribution in [0.15, 0.2) is 24.9 Å². The number of imidazole rings is 1. The van der Waals surface area contributed by atoms with E-state index in [-0.39, 0.29) is 11.5 Å². The Labute approximate surface area is 166 Å². The number of nitrogens with two attached hydrogens (primary N) is 1. The standard InChI is InChI=1S/C18H20N10O/c1-9-11(7-28(4)26-9)23-18-15(16(19)29)24-14(17(20-2)25-18)10-5-21-6-12-13(10)22-8-27(12)3/h5-8H,1-4H3,(H2,19,29)(H2,20,23,25). The molecule has 4 N–H and O–H groups in total. The summed E-state index contributed by atoms with van der Waals surface area (Å²) in [7, 11) is 5.41. The second kappa shape index (κ2) is 6.86. The molecule has 0 radical (unpaired) electrons. The van der Waals surface area contributed by atoms with Crippen molar-refractivity contribution in [1.82, 2.24) is 34.3 Å². The van der Waals surface area contributed by atoms with Gasteiger partial charge in [0.1, 0.15) is 11.2 Å². The second-order valence-electron chi connectivity index (χ2n) is 6.57. The average Bonchev–Trinajstić information content (AvgIpc) is 3.22. The minimum atomic E-state index is -0.702. The number of primary amides is 1. The number of fused-ring (bicyclic) bond motifs is 1. The fraction of sp³-hybridized carbons (Fsp3) is 0.222. The lowest BCUT2D eigenvalue weighted by molar-refractivity contribution is 0.0996. The van der Waals surface area contributed by atoms with E-state index >= 15 is 0 Å². The number of nitrogens with one attached hydrogen (secondary N) is 2. The highest BCUT2D eigenvalue weighted by Gasteiger charge is 2.21. The molecule has 4 rings (SSSR count). The van der Waals surface area contributed by atoms with Gasteiger partial charge in [-0.1, -0.05) is 0 Å². The summed E-state index contributed by atoms with van der Waals surface area (Å²) in [6, 6.07) is 0. The maximum Gasteiger partial charge on any atom is 0.271 e. The van der Waals surface area contributed by atoms with Gasteiger partial charge in [-0.05, 0) is 6.92 Å². The van der Waals surface area contributed by atoms with Crippen LogP contribution in [0.4, 0.5) is 17.3 Å². The largest absolute Gasteiger partial charge is 0.371 e. The van der Waals surface area contributed by atoms with Crippen molar-refractivity contribution in [3.8, 4) is 11.3 Å². The molecule has 4 heterocycles. The van der Waals surface area contributed by atoms with Crippen LogP contribution in [-0.4, -0.2) is 47.2 Å². The molecule has 0 aliphatic carbocycles. The van der Waals surface area contributed by atoms with Gasteiger partial charge in [0.2, 0.25) is 0 Å². The lowest BCUT2D eigenvalue weighted by Gasteiger charge is -2.14. The predicted octanol–water partition coefficient (Wildman–Crippen LogP) is 1.35. The van der Waals surface area contributed by atoms with Crippen molar-refractivity contribution in [3.63, 3.8) is 0 Å². The molecule has 29 heavy (non-hydrogen) atoms. The van der Waals surface area contributed by atoms with Crippen molar-refractivity contribution >= 4 is 34.3 Å². The van der Waals surface area contributed by atoms with E-state index < -0.39 is 5.91 Å². The molecule has 0 atom stereocenters. The maximum absolute atomic E-state index is 12.2. The predicted molar refractivity (Wildman–Crippen MR) is 109 cm³/mol. The zero-order valence-electron chi connectivity index (χ0n) is 16.4. The first-order chi connectivity index (χ1) is 13.9. The molecule has 0 aromatic carbocycles. The third-order valence-electron chi connectivity index (χ3n) is 4.53. The van der Waals surface area contributed by atoms with Crippen LogP contribution in [0, 0.1) is 6.92 Å². The van der Waals surface area contributed by atoms with Crippen molar-refractivity contribution < 1.29 is 4.79 Å². The minimum Gasteiger partial charge on any atom is -0.371 e. The highest BCUT2D eigenvalue weighted by molar-refractivity contribution is 5.99. The molecule has 4 aromatic rings. The molecule has 0 aliphatic heterocycles. The smallest absolute Gasteiger partial charge is 0.271 e. The van der Waals surface area contributed by atoms with E-state index in [2.05, 4.69) is 35.7 Å². The number of carbonyl (C=O) groups excluding carboxylic acids is 1. The molecule has 0 saturated heterocycles. The number of hydrogen-bond donors (Lipinski definition) is 3. The molecule has 11 nitrogen and oxygen atoms in total. The number of aromatic nitrogens is 7. The van der Waals surface area contributed by atoms with Crippen molar-refractivity contribution in [3.05, 3.63) is 36.3 Å². The zero-order valence-corrected chi connectivity index (χ0v) is 16.4. The molecule has 0 aliphatic rings. The van der Waals surface area contributed by atoms with Crippen molar-refractivity contribution in [2.45, 2.75) is 6.92 Å². The van der Waals surface area contributed by atoms with Gasteiger partial charge >= 0.3 is 0 Å². The Morgan fingerprint density at radius 2 is 1.97 bits per heavy atom. The van der Waals surface area contributed by atoms with Gasteiger partial charge < -0.3 is 20.9 Å². The monoisotopic (exact) mass is 392 g/mol. The quantitative estimate of drug-likeness (QED) is 0.462. The Bertz CT molecular complexity index is 1240. The first kappa shape index (κ1) is 18.3. The Morgan fingerprint density at radius 3 is 2.62 bits per heavy atom. The van der Waals surface area contributed by atoms with Gasteiger partial charge in [0.25, 0.3) is 5.91 Å². The number of rotatable bonds is 5. The van der Waals surface area contributed by atoms with Gasteiger partial charge in [0.05, 0.1) is 35.0 Å². The Hall–Kier alpha value is -4.02. The Kier molecular flexibility index (Phi) is 4.34. The van der Waals surface area contributed by atoms with E-state index in [1.54, 1.807) is 36.6 Å². The Balaban J connectivity index is 1.91. The summed E-state index contributed by atoms with van der Waals surface area (Å²) in [4.78, 5) is 30.0. The molecule has 0 fully saturated rings. The summed E-state index contributed by atoms with van der Waals surface area (Å²) in [5.74, 6) is -0.00606. The number of aryl methyl sites for hydroxylation is 3. The molecule has 148 valence electrons. The van der Waals surface area contributed by atoms with Crippen LogP contribution in [0.3, 0.4) is 0 Å². The second-order valence-corrected chi connectivity index (χ2v) is 6.57. The van der Waals surface area contributed by atoms with Crippen LogP contribution < -0.4 is 16.4 Å². The molecule has 4 aromatic heterocycles. The molecular weight excluding hydrogens is 372 g/mol. The van der Waals surface area contributed by atoms with Crippen LogP contribution in [-0.2, 0) is 14.1 Å². The van der Waals surface area contributed by atoms with Crippen molar-refractivity contribution in [1.29, 1.82) is 0 Å². The fourth-order valence-corrected chi connectivity index (χ4v) is 3.12. The van der Waals surface area contributed by atoms with Crippen LogP contribution in [0.5, 0.6) is 0 Å². The topological polar surface area (TPSA) is 141 Å². The molecule has 0 unspecified atom stereocenters. The maximum atomic E-state index is 12.2. The summed E-state index contributed by atoms with van der Waals surface area (Å²) in [6.45, 7) is 1.85. The highest BCUT2D eigenvalue weighted by Crippen LogP contribution is 2.32. The summed E-state index contributed by atoms with van der Waals surface area (Å²) in [5.41, 5.74) is 9.69. The van der Waals surface area contributed by atoms with Gasteiger partial charge in [-0.2, -0.15) is 5.10 Å². The molecular formula is C18H20N10O. The fourth-order valence-electron chi connectivity index (χ4n) is 3.12. The number of carbonyl (C=O) groups is 1. The first-order valence-electron chi connectivity index (χ1n) is 8.81. The van der Waals surface area contributed by atoms with Gasteiger partial charge in [0, 0.05) is 33.5 Å². The van der Waals surface area contributed by atoms with Gasteiger partial charge in [-0.25, -0.2) is 15.0 Å². The Morgan fingerprint density at radius 1 is 1.17 bits per heavy atom. The number of pyridine rings is 1. The molecule has 11 heteroatoms.